The summed E-state index contributed by atoms with van der Waals surface area (Å²) in [5, 5.41) is 8.44. The van der Waals surface area contributed by atoms with Crippen LogP contribution in [0.5, 0.6) is 0 Å². The molecule has 0 radical (unpaired) electrons. The molecule has 7 nitrogen and oxygen atoms in total. The smallest absolute Gasteiger partial charge is 0.338 e. The molecule has 0 aliphatic heterocycles. The largest absolute Gasteiger partial charge is 0.480 e. The first-order chi connectivity index (χ1) is 8.77. The first kappa shape index (κ1) is 15.1. The lowest BCUT2D eigenvalue weighted by atomic mass is 10.1. The minimum Gasteiger partial charge on any atom is -0.480 e. The van der Waals surface area contributed by atoms with Crippen molar-refractivity contribution in [2.24, 2.45) is 0 Å². The van der Waals surface area contributed by atoms with Crippen molar-refractivity contribution in [1.82, 2.24) is 4.72 Å². The molecule has 0 unspecified atom stereocenters. The van der Waals surface area contributed by atoms with E-state index in [1.165, 1.54) is 25.3 Å². The highest BCUT2D eigenvalue weighted by atomic mass is 32.2. The number of hydrogen-bond acceptors (Lipinski definition) is 5. The Labute approximate surface area is 110 Å². The average Bonchev–Trinajstić information content (AvgIpc) is 2.35. The molecule has 0 heterocycles. The lowest BCUT2D eigenvalue weighted by molar-refractivity contribution is -0.135. The summed E-state index contributed by atoms with van der Waals surface area (Å²) in [6, 6.07) is 3.80. The average molecular weight is 287 g/mol. The van der Waals surface area contributed by atoms with E-state index in [9.17, 15) is 18.0 Å². The van der Waals surface area contributed by atoms with Gasteiger partial charge in [0.2, 0.25) is 10.0 Å². The van der Waals surface area contributed by atoms with Gasteiger partial charge >= 0.3 is 11.9 Å². The number of methoxy groups -OCH3 is 1. The zero-order chi connectivity index (χ0) is 14.6. The maximum Gasteiger partial charge on any atom is 0.338 e. The number of hydrogen-bond donors (Lipinski definition) is 2. The maximum atomic E-state index is 11.7. The molecule has 104 valence electrons. The minimum atomic E-state index is -3.91. The van der Waals surface area contributed by atoms with Gasteiger partial charge in [-0.1, -0.05) is 0 Å². The first-order valence-corrected chi connectivity index (χ1v) is 6.66. The second-order valence-corrected chi connectivity index (χ2v) is 5.45. The van der Waals surface area contributed by atoms with Crippen LogP contribution in [0.25, 0.3) is 0 Å². The summed E-state index contributed by atoms with van der Waals surface area (Å²) in [4.78, 5) is 21.6. The summed E-state index contributed by atoms with van der Waals surface area (Å²) in [5.74, 6) is -1.86. The van der Waals surface area contributed by atoms with Crippen molar-refractivity contribution < 1.29 is 27.9 Å². The third-order valence-corrected chi connectivity index (χ3v) is 3.73. The van der Waals surface area contributed by atoms with Crippen molar-refractivity contribution in [2.45, 2.75) is 11.8 Å². The Balaban J connectivity index is 3.07. The van der Waals surface area contributed by atoms with Crippen LogP contribution in [-0.4, -0.2) is 39.1 Å². The molecule has 0 fully saturated rings. The van der Waals surface area contributed by atoms with Crippen LogP contribution in [0.4, 0.5) is 0 Å². The van der Waals surface area contributed by atoms with Crippen LogP contribution in [0.3, 0.4) is 0 Å². The lowest BCUT2D eigenvalue weighted by Crippen LogP contribution is -2.29. The van der Waals surface area contributed by atoms with E-state index in [-0.39, 0.29) is 10.5 Å². The van der Waals surface area contributed by atoms with Crippen LogP contribution < -0.4 is 4.72 Å². The van der Waals surface area contributed by atoms with Crippen LogP contribution >= 0.6 is 0 Å². The Morgan fingerprint density at radius 2 is 2.00 bits per heavy atom. The number of carbonyl (C=O) groups excluding carboxylic acids is 1. The Bertz CT molecular complexity index is 608. The summed E-state index contributed by atoms with van der Waals surface area (Å²) in [6.07, 6.45) is 0. The van der Waals surface area contributed by atoms with Crippen LogP contribution in [0.2, 0.25) is 0 Å². The second-order valence-electron chi connectivity index (χ2n) is 3.69. The molecule has 0 aromatic heterocycles. The third kappa shape index (κ3) is 3.76. The van der Waals surface area contributed by atoms with E-state index in [1.54, 1.807) is 6.92 Å². The molecule has 2 N–H and O–H groups in total. The molecule has 0 atom stereocenters. The van der Waals surface area contributed by atoms with E-state index in [2.05, 4.69) is 4.74 Å². The monoisotopic (exact) mass is 287 g/mol. The fourth-order valence-corrected chi connectivity index (χ4v) is 2.44. The van der Waals surface area contributed by atoms with Gasteiger partial charge in [0.15, 0.2) is 0 Å². The summed E-state index contributed by atoms with van der Waals surface area (Å²) < 4.78 is 30.0. The van der Waals surface area contributed by atoms with Crippen molar-refractivity contribution in [3.05, 3.63) is 29.3 Å². The van der Waals surface area contributed by atoms with Crippen LogP contribution in [0.15, 0.2) is 23.1 Å². The van der Waals surface area contributed by atoms with Gasteiger partial charge in [-0.15, -0.1) is 0 Å². The van der Waals surface area contributed by atoms with Gasteiger partial charge in [-0.25, -0.2) is 13.2 Å². The number of rotatable bonds is 5. The molecule has 1 rings (SSSR count). The van der Waals surface area contributed by atoms with E-state index in [0.717, 1.165) is 0 Å². The molecule has 0 aliphatic carbocycles. The van der Waals surface area contributed by atoms with Gasteiger partial charge in [-0.2, -0.15) is 4.72 Å². The molecule has 0 aliphatic rings. The van der Waals surface area contributed by atoms with E-state index in [1.807, 2.05) is 4.72 Å². The molecule has 0 saturated heterocycles. The van der Waals surface area contributed by atoms with Crippen molar-refractivity contribution in [2.75, 3.05) is 13.7 Å². The number of aryl methyl sites for hydroxylation is 1. The molecule has 0 bridgehead atoms. The number of aliphatic carboxylic acids is 1. The number of esters is 1. The van der Waals surface area contributed by atoms with Crippen molar-refractivity contribution in [3.8, 4) is 0 Å². The molecule has 8 heteroatoms. The summed E-state index contributed by atoms with van der Waals surface area (Å²) >= 11 is 0. The number of carboxylic acids is 1. The Hall–Kier alpha value is -1.93. The van der Waals surface area contributed by atoms with Gasteiger partial charge in [0.05, 0.1) is 17.6 Å². The molecular weight excluding hydrogens is 274 g/mol. The fraction of sp³-hybridized carbons (Fsp3) is 0.273. The van der Waals surface area contributed by atoms with Gasteiger partial charge in [-0.3, -0.25) is 4.79 Å². The Morgan fingerprint density at radius 1 is 1.37 bits per heavy atom. The van der Waals surface area contributed by atoms with Gasteiger partial charge in [0.1, 0.15) is 6.54 Å². The van der Waals surface area contributed by atoms with Crippen LogP contribution in [0, 0.1) is 6.92 Å². The minimum absolute atomic E-state index is 0.112. The van der Waals surface area contributed by atoms with Crippen molar-refractivity contribution >= 4 is 22.0 Å². The summed E-state index contributed by atoms with van der Waals surface area (Å²) in [6.45, 7) is 0.850. The van der Waals surface area contributed by atoms with E-state index in [0.29, 0.717) is 5.56 Å². The number of carboxylic acid groups (broad SMARTS) is 1. The first-order valence-electron chi connectivity index (χ1n) is 5.18. The maximum absolute atomic E-state index is 11.7. The van der Waals surface area contributed by atoms with Gasteiger partial charge in [0, 0.05) is 0 Å². The highest BCUT2D eigenvalue weighted by molar-refractivity contribution is 7.89. The number of carbonyl (C=O) groups is 2. The highest BCUT2D eigenvalue weighted by Crippen LogP contribution is 2.16. The van der Waals surface area contributed by atoms with Crippen LogP contribution in [0.1, 0.15) is 15.9 Å². The van der Waals surface area contributed by atoms with Crippen molar-refractivity contribution in [3.63, 3.8) is 0 Å². The standard InChI is InChI=1S/C11H13NO6S/c1-7-5-8(3-4-9(7)11(15)18-2)19(16,17)12-6-10(13)14/h3-5,12H,6H2,1-2H3,(H,13,14). The molecule has 0 spiro atoms. The predicted octanol–water partition coefficient (Wildman–Crippen LogP) is 0.145. The quantitative estimate of drug-likeness (QED) is 0.746. The van der Waals surface area contributed by atoms with E-state index in [4.69, 9.17) is 5.11 Å². The van der Waals surface area contributed by atoms with Gasteiger partial charge < -0.3 is 9.84 Å². The molecule has 19 heavy (non-hydrogen) atoms. The zero-order valence-corrected chi connectivity index (χ0v) is 11.2. The fourth-order valence-electron chi connectivity index (χ4n) is 1.38. The van der Waals surface area contributed by atoms with Crippen molar-refractivity contribution in [1.29, 1.82) is 0 Å². The predicted molar refractivity (Wildman–Crippen MR) is 65.3 cm³/mol. The van der Waals surface area contributed by atoms with Gasteiger partial charge in [0.25, 0.3) is 0 Å². The number of nitrogens with one attached hydrogen (secondary N) is 1. The third-order valence-electron chi connectivity index (χ3n) is 2.33. The highest BCUT2D eigenvalue weighted by Gasteiger charge is 2.18. The Kier molecular flexibility index (Phi) is 4.62. The van der Waals surface area contributed by atoms with E-state index >= 15 is 0 Å². The lowest BCUT2D eigenvalue weighted by Gasteiger charge is -2.08. The molecule has 1 aromatic carbocycles. The summed E-state index contributed by atoms with van der Waals surface area (Å²) in [5.41, 5.74) is 0.671. The second kappa shape index (κ2) is 5.81. The zero-order valence-electron chi connectivity index (χ0n) is 10.3. The normalized spacial score (nSPS) is 11.1. The molecule has 1 aromatic rings. The molecule has 0 saturated carbocycles. The number of ether oxygens (including phenoxy) is 1. The number of benzene rings is 1. The van der Waals surface area contributed by atoms with Gasteiger partial charge in [-0.05, 0) is 30.7 Å². The van der Waals surface area contributed by atoms with E-state index < -0.39 is 28.5 Å². The molecule has 0 amide bonds. The molecular formula is C11H13NO6S. The van der Waals surface area contributed by atoms with Crippen LogP contribution in [-0.2, 0) is 19.6 Å². The summed E-state index contributed by atoms with van der Waals surface area (Å²) in [7, 11) is -2.69. The Morgan fingerprint density at radius 3 is 2.47 bits per heavy atom. The topological polar surface area (TPSA) is 110 Å². The number of sulfonamides is 1. The SMILES string of the molecule is COC(=O)c1ccc(S(=O)(=O)NCC(=O)O)cc1C.